The van der Waals surface area contributed by atoms with Gasteiger partial charge in [0.1, 0.15) is 0 Å². The van der Waals surface area contributed by atoms with E-state index in [1.165, 1.54) is 22.3 Å². The number of benzene rings is 2. The summed E-state index contributed by atoms with van der Waals surface area (Å²) in [4.78, 5) is 20.0. The third kappa shape index (κ3) is 3.28. The van der Waals surface area contributed by atoms with Crippen LogP contribution >= 0.6 is 11.3 Å². The summed E-state index contributed by atoms with van der Waals surface area (Å²) >= 11 is 1.52. The molecule has 0 spiro atoms. The largest absolute Gasteiger partial charge is 0.361 e. The number of hydrogen-bond acceptors (Lipinski definition) is 3. The van der Waals surface area contributed by atoms with Gasteiger partial charge in [-0.15, -0.1) is 0 Å². The Balaban J connectivity index is 1.36. The number of hydrogen-bond donors (Lipinski definition) is 2. The van der Waals surface area contributed by atoms with E-state index < -0.39 is 0 Å². The Morgan fingerprint density at radius 1 is 1.20 bits per heavy atom. The molecule has 0 unspecified atom stereocenters. The number of H-pyrrole nitrogens is 1. The summed E-state index contributed by atoms with van der Waals surface area (Å²) in [7, 11) is 0. The van der Waals surface area contributed by atoms with Crippen LogP contribution in [-0.2, 0) is 11.2 Å². The molecule has 2 heterocycles. The molecule has 126 valence electrons. The summed E-state index contributed by atoms with van der Waals surface area (Å²) in [6.45, 7) is 2.04. The Kier molecular flexibility index (Phi) is 4.24. The molecule has 4 rings (SSSR count). The molecule has 0 aliphatic rings. The van der Waals surface area contributed by atoms with E-state index in [0.29, 0.717) is 11.6 Å². The molecule has 4 nitrogen and oxygen atoms in total. The Morgan fingerprint density at radius 2 is 2.08 bits per heavy atom. The van der Waals surface area contributed by atoms with E-state index in [1.807, 2.05) is 43.5 Å². The molecule has 2 aromatic heterocycles. The Bertz CT molecular complexity index is 1050. The number of nitrogens with one attached hydrogen (secondary N) is 2. The highest BCUT2D eigenvalue weighted by molar-refractivity contribution is 7.22. The van der Waals surface area contributed by atoms with Gasteiger partial charge in [0.15, 0.2) is 5.13 Å². The molecule has 25 heavy (non-hydrogen) atoms. The number of aromatic amines is 1. The molecule has 0 fully saturated rings. The summed E-state index contributed by atoms with van der Waals surface area (Å²) < 4.78 is 1.11. The van der Waals surface area contributed by atoms with E-state index >= 15 is 0 Å². The van der Waals surface area contributed by atoms with Crippen molar-refractivity contribution >= 4 is 43.5 Å². The van der Waals surface area contributed by atoms with Gasteiger partial charge in [0.05, 0.1) is 10.2 Å². The molecule has 2 aromatic carbocycles. The van der Waals surface area contributed by atoms with E-state index in [4.69, 9.17) is 0 Å². The van der Waals surface area contributed by atoms with Crippen LogP contribution in [0.2, 0.25) is 0 Å². The molecule has 0 bridgehead atoms. The smallest absolute Gasteiger partial charge is 0.226 e. The fraction of sp³-hybridized carbons (Fsp3) is 0.200. The highest BCUT2D eigenvalue weighted by Gasteiger charge is 2.10. The SMILES string of the molecule is Cc1cccc2sc(NC(=O)CCCc3c[nH]c4ccccc34)nc12. The fourth-order valence-electron chi connectivity index (χ4n) is 3.10. The number of aromatic nitrogens is 2. The molecule has 4 aromatic rings. The number of carbonyl (C=O) groups excluding carboxylic acids is 1. The van der Waals surface area contributed by atoms with Crippen molar-refractivity contribution in [1.82, 2.24) is 9.97 Å². The molecular formula is C20H19N3OS. The zero-order valence-corrected chi connectivity index (χ0v) is 14.8. The second-order valence-electron chi connectivity index (χ2n) is 6.20. The first-order valence-corrected chi connectivity index (χ1v) is 9.23. The highest BCUT2D eigenvalue weighted by atomic mass is 32.1. The van der Waals surface area contributed by atoms with Crippen molar-refractivity contribution in [3.63, 3.8) is 0 Å². The van der Waals surface area contributed by atoms with Crippen molar-refractivity contribution in [2.24, 2.45) is 0 Å². The van der Waals surface area contributed by atoms with Crippen molar-refractivity contribution in [3.05, 3.63) is 59.8 Å². The summed E-state index contributed by atoms with van der Waals surface area (Å²) in [5.74, 6) is 0.0246. The van der Waals surface area contributed by atoms with Gasteiger partial charge in [-0.2, -0.15) is 0 Å². The van der Waals surface area contributed by atoms with Crippen LogP contribution in [0.25, 0.3) is 21.1 Å². The lowest BCUT2D eigenvalue weighted by Gasteiger charge is -2.01. The third-order valence-corrected chi connectivity index (χ3v) is 5.33. The maximum Gasteiger partial charge on any atom is 0.226 e. The van der Waals surface area contributed by atoms with Crippen LogP contribution in [-0.4, -0.2) is 15.9 Å². The monoisotopic (exact) mass is 349 g/mol. The number of amides is 1. The van der Waals surface area contributed by atoms with Crippen molar-refractivity contribution < 1.29 is 4.79 Å². The zero-order valence-electron chi connectivity index (χ0n) is 14.0. The number of carbonyl (C=O) groups is 1. The van der Waals surface area contributed by atoms with Crippen molar-refractivity contribution in [3.8, 4) is 0 Å². The molecular weight excluding hydrogens is 330 g/mol. The highest BCUT2D eigenvalue weighted by Crippen LogP contribution is 2.28. The lowest BCUT2D eigenvalue weighted by Crippen LogP contribution is -2.11. The number of aryl methyl sites for hydroxylation is 2. The van der Waals surface area contributed by atoms with Gasteiger partial charge in [0.2, 0.25) is 5.91 Å². The van der Waals surface area contributed by atoms with Gasteiger partial charge in [-0.1, -0.05) is 41.7 Å². The van der Waals surface area contributed by atoms with E-state index in [2.05, 4.69) is 27.4 Å². The first kappa shape index (κ1) is 15.8. The minimum absolute atomic E-state index is 0.0246. The predicted molar refractivity (Wildman–Crippen MR) is 104 cm³/mol. The van der Waals surface area contributed by atoms with Crippen LogP contribution in [0, 0.1) is 6.92 Å². The quantitative estimate of drug-likeness (QED) is 0.530. The van der Waals surface area contributed by atoms with Gasteiger partial charge in [0, 0.05) is 23.5 Å². The predicted octanol–water partition coefficient (Wildman–Crippen LogP) is 5.05. The topological polar surface area (TPSA) is 57.8 Å². The summed E-state index contributed by atoms with van der Waals surface area (Å²) in [6.07, 6.45) is 4.24. The second-order valence-corrected chi connectivity index (χ2v) is 7.23. The minimum Gasteiger partial charge on any atom is -0.361 e. The van der Waals surface area contributed by atoms with Gasteiger partial charge >= 0.3 is 0 Å². The van der Waals surface area contributed by atoms with Crippen LogP contribution in [0.3, 0.4) is 0 Å². The van der Waals surface area contributed by atoms with Gasteiger partial charge in [-0.05, 0) is 43.0 Å². The molecule has 5 heteroatoms. The molecule has 0 saturated carbocycles. The minimum atomic E-state index is 0.0246. The molecule has 0 aliphatic carbocycles. The maximum atomic E-state index is 12.2. The van der Waals surface area contributed by atoms with Crippen molar-refractivity contribution in [2.45, 2.75) is 26.2 Å². The molecule has 0 aliphatic heterocycles. The summed E-state index contributed by atoms with van der Waals surface area (Å²) in [6, 6.07) is 14.3. The zero-order chi connectivity index (χ0) is 17.2. The lowest BCUT2D eigenvalue weighted by molar-refractivity contribution is -0.116. The van der Waals surface area contributed by atoms with Gasteiger partial charge < -0.3 is 10.3 Å². The Morgan fingerprint density at radius 3 is 2.96 bits per heavy atom. The lowest BCUT2D eigenvalue weighted by atomic mass is 10.1. The van der Waals surface area contributed by atoms with Crippen LogP contribution in [0.5, 0.6) is 0 Å². The van der Waals surface area contributed by atoms with Crippen LogP contribution < -0.4 is 5.32 Å². The van der Waals surface area contributed by atoms with Crippen LogP contribution in [0.4, 0.5) is 5.13 Å². The van der Waals surface area contributed by atoms with E-state index in [0.717, 1.165) is 34.1 Å². The maximum absolute atomic E-state index is 12.2. The number of thiazole rings is 1. The van der Waals surface area contributed by atoms with Crippen molar-refractivity contribution in [2.75, 3.05) is 5.32 Å². The standard InChI is InChI=1S/C20H19N3OS/c1-13-6-4-10-17-19(13)23-20(25-17)22-18(24)11-5-7-14-12-21-16-9-3-2-8-15(14)16/h2-4,6,8-10,12,21H,5,7,11H2,1H3,(H,22,23,24). The third-order valence-electron chi connectivity index (χ3n) is 4.39. The van der Waals surface area contributed by atoms with E-state index in [9.17, 15) is 4.79 Å². The number of para-hydroxylation sites is 2. The molecule has 0 saturated heterocycles. The van der Waals surface area contributed by atoms with Gasteiger partial charge in [-0.25, -0.2) is 4.98 Å². The normalized spacial score (nSPS) is 11.2. The first-order valence-electron chi connectivity index (χ1n) is 8.42. The first-order chi connectivity index (χ1) is 12.2. The second kappa shape index (κ2) is 6.69. The van der Waals surface area contributed by atoms with Crippen molar-refractivity contribution in [1.29, 1.82) is 0 Å². The van der Waals surface area contributed by atoms with E-state index in [1.54, 1.807) is 0 Å². The van der Waals surface area contributed by atoms with Gasteiger partial charge in [-0.3, -0.25) is 4.79 Å². The molecule has 0 radical (unpaired) electrons. The number of anilines is 1. The van der Waals surface area contributed by atoms with Gasteiger partial charge in [0.25, 0.3) is 0 Å². The molecule has 2 N–H and O–H groups in total. The Hall–Kier alpha value is -2.66. The number of rotatable bonds is 5. The average Bonchev–Trinajstić information content (AvgIpc) is 3.20. The summed E-state index contributed by atoms with van der Waals surface area (Å²) in [5, 5.41) is 4.86. The average molecular weight is 349 g/mol. The molecule has 1 amide bonds. The summed E-state index contributed by atoms with van der Waals surface area (Å²) in [5.41, 5.74) is 4.51. The fourth-order valence-corrected chi connectivity index (χ4v) is 4.06. The van der Waals surface area contributed by atoms with Crippen LogP contribution in [0.15, 0.2) is 48.7 Å². The Labute approximate surface area is 149 Å². The van der Waals surface area contributed by atoms with E-state index in [-0.39, 0.29) is 5.91 Å². The van der Waals surface area contributed by atoms with Crippen LogP contribution in [0.1, 0.15) is 24.0 Å². The number of nitrogens with zero attached hydrogens (tertiary/aromatic N) is 1. The molecule has 0 atom stereocenters. The number of fused-ring (bicyclic) bond motifs is 2.